The molecule has 0 saturated heterocycles. The molecule has 1 aromatic carbocycles. The third-order valence-corrected chi connectivity index (χ3v) is 2.22. The number of benzene rings is 1. The Morgan fingerprint density at radius 3 is 2.62 bits per heavy atom. The second kappa shape index (κ2) is 4.94. The van der Waals surface area contributed by atoms with Crippen molar-refractivity contribution in [1.29, 1.82) is 0 Å². The number of halogens is 1. The topological polar surface area (TPSA) is 69.4 Å². The zero-order chi connectivity index (χ0) is 12.3. The Labute approximate surface area is 97.1 Å². The predicted octanol–water partition coefficient (Wildman–Crippen LogP) is 2.85. The molecule has 0 unspecified atom stereocenters. The Bertz CT molecular complexity index is 445. The van der Waals surface area contributed by atoms with E-state index in [0.717, 1.165) is 6.07 Å². The summed E-state index contributed by atoms with van der Waals surface area (Å²) < 4.78 is 5.16. The van der Waals surface area contributed by atoms with Gasteiger partial charge < -0.3 is 4.74 Å². The summed E-state index contributed by atoms with van der Waals surface area (Å²) in [5, 5.41) is 10.8. The van der Waals surface area contributed by atoms with Crippen LogP contribution in [0.15, 0.2) is 12.1 Å². The normalized spacial score (nSPS) is 9.94. The molecule has 0 aliphatic heterocycles. The summed E-state index contributed by atoms with van der Waals surface area (Å²) >= 11 is 5.79. The third kappa shape index (κ3) is 2.49. The van der Waals surface area contributed by atoms with Crippen LogP contribution in [0.25, 0.3) is 0 Å². The van der Waals surface area contributed by atoms with Gasteiger partial charge >= 0.3 is 0 Å². The largest absolute Gasteiger partial charge is 0.492 e. The Kier molecular flexibility index (Phi) is 3.84. The van der Waals surface area contributed by atoms with Crippen molar-refractivity contribution >= 4 is 23.1 Å². The minimum Gasteiger partial charge on any atom is -0.492 e. The lowest BCUT2D eigenvalue weighted by atomic mass is 10.1. The number of rotatable bonds is 4. The number of Topliss-reactive ketones (excluding diaryl/α,β-unsaturated/α-hetero) is 1. The van der Waals surface area contributed by atoms with Crippen LogP contribution in [0.3, 0.4) is 0 Å². The van der Waals surface area contributed by atoms with E-state index in [1.54, 1.807) is 6.92 Å². The lowest BCUT2D eigenvalue weighted by Crippen LogP contribution is -2.02. The van der Waals surface area contributed by atoms with Gasteiger partial charge in [0.15, 0.2) is 5.78 Å². The molecule has 0 spiro atoms. The summed E-state index contributed by atoms with van der Waals surface area (Å²) in [4.78, 5) is 21.3. The van der Waals surface area contributed by atoms with Crippen LogP contribution in [-0.4, -0.2) is 17.3 Å². The quantitative estimate of drug-likeness (QED) is 0.463. The van der Waals surface area contributed by atoms with Gasteiger partial charge in [0, 0.05) is 6.07 Å². The number of hydrogen-bond donors (Lipinski definition) is 0. The van der Waals surface area contributed by atoms with Gasteiger partial charge in [0.05, 0.1) is 22.1 Å². The molecule has 0 atom stereocenters. The van der Waals surface area contributed by atoms with Gasteiger partial charge in [0.1, 0.15) is 5.75 Å². The Hall–Kier alpha value is -1.62. The van der Waals surface area contributed by atoms with Crippen LogP contribution in [0.4, 0.5) is 5.69 Å². The first-order valence-electron chi connectivity index (χ1n) is 4.59. The maximum absolute atomic E-state index is 11.2. The number of nitrogens with zero attached hydrogens (tertiary/aromatic N) is 1. The minimum absolute atomic E-state index is 0.00199. The number of hydrogen-bond acceptors (Lipinski definition) is 4. The van der Waals surface area contributed by atoms with E-state index in [2.05, 4.69) is 0 Å². The Morgan fingerprint density at radius 2 is 2.19 bits per heavy atom. The molecular formula is C10H10ClNO4. The van der Waals surface area contributed by atoms with Gasteiger partial charge in [-0.2, -0.15) is 0 Å². The second-order valence-electron chi connectivity index (χ2n) is 3.05. The lowest BCUT2D eigenvalue weighted by Gasteiger charge is -2.07. The van der Waals surface area contributed by atoms with Gasteiger partial charge in [0.25, 0.3) is 5.69 Å². The molecule has 0 aromatic heterocycles. The van der Waals surface area contributed by atoms with Crippen molar-refractivity contribution < 1.29 is 14.5 Å². The van der Waals surface area contributed by atoms with E-state index >= 15 is 0 Å². The fourth-order valence-corrected chi connectivity index (χ4v) is 1.45. The first-order chi connectivity index (χ1) is 7.47. The molecule has 0 bridgehead atoms. The summed E-state index contributed by atoms with van der Waals surface area (Å²) in [7, 11) is 0. The number of ketones is 1. The zero-order valence-electron chi connectivity index (χ0n) is 8.82. The molecule has 0 N–H and O–H groups in total. The maximum Gasteiger partial charge on any atom is 0.281 e. The molecule has 1 aromatic rings. The highest BCUT2D eigenvalue weighted by molar-refractivity contribution is 6.32. The second-order valence-corrected chi connectivity index (χ2v) is 3.45. The van der Waals surface area contributed by atoms with Crippen LogP contribution >= 0.6 is 11.6 Å². The molecule has 6 heteroatoms. The van der Waals surface area contributed by atoms with Crippen molar-refractivity contribution in [2.24, 2.45) is 0 Å². The average Bonchev–Trinajstić information content (AvgIpc) is 2.20. The number of carbonyl (C=O) groups is 1. The highest BCUT2D eigenvalue weighted by Gasteiger charge is 2.20. The Balaban J connectivity index is 3.37. The van der Waals surface area contributed by atoms with E-state index in [9.17, 15) is 14.9 Å². The summed E-state index contributed by atoms with van der Waals surface area (Å²) in [6.07, 6.45) is 0. The highest BCUT2D eigenvalue weighted by atomic mass is 35.5. The lowest BCUT2D eigenvalue weighted by molar-refractivity contribution is -0.385. The van der Waals surface area contributed by atoms with Crippen molar-refractivity contribution in [1.82, 2.24) is 0 Å². The molecule has 5 nitrogen and oxygen atoms in total. The van der Waals surface area contributed by atoms with Crippen LogP contribution in [-0.2, 0) is 0 Å². The van der Waals surface area contributed by atoms with Crippen LogP contribution in [0.5, 0.6) is 5.75 Å². The van der Waals surface area contributed by atoms with Gasteiger partial charge in [-0.1, -0.05) is 11.6 Å². The standard InChI is InChI=1S/C10H10ClNO4/c1-3-16-10-4-7(6(2)13)9(12(14)15)5-8(10)11/h4-5H,3H2,1-2H3. The summed E-state index contributed by atoms with van der Waals surface area (Å²) in [5.41, 5.74) is -0.307. The first-order valence-corrected chi connectivity index (χ1v) is 4.96. The third-order valence-electron chi connectivity index (χ3n) is 1.93. The van der Waals surface area contributed by atoms with E-state index in [4.69, 9.17) is 16.3 Å². The molecule has 0 aliphatic carbocycles. The minimum atomic E-state index is -0.641. The van der Waals surface area contributed by atoms with Gasteiger partial charge in [0.2, 0.25) is 0 Å². The van der Waals surface area contributed by atoms with Crippen molar-refractivity contribution in [3.05, 3.63) is 32.8 Å². The summed E-state index contributed by atoms with van der Waals surface area (Å²) in [6.45, 7) is 3.38. The Morgan fingerprint density at radius 1 is 1.56 bits per heavy atom. The molecule has 0 fully saturated rings. The highest BCUT2D eigenvalue weighted by Crippen LogP contribution is 2.32. The molecule has 0 saturated carbocycles. The number of nitro benzene ring substituents is 1. The van der Waals surface area contributed by atoms with Gasteiger partial charge in [-0.25, -0.2) is 0 Å². The van der Waals surface area contributed by atoms with Crippen LogP contribution in [0.1, 0.15) is 24.2 Å². The maximum atomic E-state index is 11.2. The van der Waals surface area contributed by atoms with E-state index in [-0.39, 0.29) is 22.0 Å². The molecule has 0 radical (unpaired) electrons. The predicted molar refractivity (Wildman–Crippen MR) is 59.3 cm³/mol. The fourth-order valence-electron chi connectivity index (χ4n) is 1.24. The van der Waals surface area contributed by atoms with Gasteiger partial charge in [-0.3, -0.25) is 14.9 Å². The molecule has 0 amide bonds. The number of carbonyl (C=O) groups excluding carboxylic acids is 1. The molecule has 0 heterocycles. The fraction of sp³-hybridized carbons (Fsp3) is 0.300. The van der Waals surface area contributed by atoms with Gasteiger partial charge in [-0.05, 0) is 19.9 Å². The monoisotopic (exact) mass is 243 g/mol. The van der Waals surface area contributed by atoms with E-state index in [1.807, 2.05) is 0 Å². The first kappa shape index (κ1) is 12.4. The smallest absolute Gasteiger partial charge is 0.281 e. The van der Waals surface area contributed by atoms with Crippen LogP contribution in [0.2, 0.25) is 5.02 Å². The molecule has 1 rings (SSSR count). The van der Waals surface area contributed by atoms with E-state index in [1.165, 1.54) is 13.0 Å². The van der Waals surface area contributed by atoms with Crippen molar-refractivity contribution in [2.45, 2.75) is 13.8 Å². The van der Waals surface area contributed by atoms with E-state index in [0.29, 0.717) is 6.61 Å². The summed E-state index contributed by atoms with van der Waals surface area (Å²) in [5.74, 6) is -0.121. The van der Waals surface area contributed by atoms with Crippen molar-refractivity contribution in [2.75, 3.05) is 6.61 Å². The SMILES string of the molecule is CCOc1cc(C(C)=O)c([N+](=O)[O-])cc1Cl. The van der Waals surface area contributed by atoms with Gasteiger partial charge in [-0.15, -0.1) is 0 Å². The molecule has 86 valence electrons. The van der Waals surface area contributed by atoms with Crippen molar-refractivity contribution in [3.63, 3.8) is 0 Å². The van der Waals surface area contributed by atoms with Crippen LogP contribution in [0, 0.1) is 10.1 Å². The summed E-state index contributed by atoms with van der Waals surface area (Å²) in [6, 6.07) is 2.43. The molecular weight excluding hydrogens is 234 g/mol. The van der Waals surface area contributed by atoms with E-state index < -0.39 is 10.7 Å². The number of nitro groups is 1. The number of ether oxygens (including phenoxy) is 1. The average molecular weight is 244 g/mol. The zero-order valence-corrected chi connectivity index (χ0v) is 9.58. The van der Waals surface area contributed by atoms with Crippen LogP contribution < -0.4 is 4.74 Å². The molecule has 0 aliphatic rings. The molecule has 16 heavy (non-hydrogen) atoms. The van der Waals surface area contributed by atoms with Crippen molar-refractivity contribution in [3.8, 4) is 5.75 Å².